The number of nitrogens with one attached hydrogen (secondary N) is 1. The highest BCUT2D eigenvalue weighted by atomic mass is 32.1. The fourth-order valence-electron chi connectivity index (χ4n) is 3.08. The van der Waals surface area contributed by atoms with Gasteiger partial charge in [0.15, 0.2) is 0 Å². The fraction of sp³-hybridized carbons (Fsp3) is 0.136. The van der Waals surface area contributed by atoms with Crippen molar-refractivity contribution >= 4 is 22.8 Å². The molecule has 1 unspecified atom stereocenters. The number of imidazole rings is 1. The Kier molecular flexibility index (Phi) is 4.24. The standard InChI is InChI=1S/C22H19N3S/c1-4-17-12-13-26-21(17)20-22(23-16(3)18-8-6-5-7-9-18)25-14-15(2)10-11-19(25)24-20/h1,5-14,16,23H,2-3H3. The maximum Gasteiger partial charge on any atom is 0.140 e. The van der Waals surface area contributed by atoms with Crippen molar-refractivity contribution in [2.45, 2.75) is 19.9 Å². The first kappa shape index (κ1) is 16.4. The summed E-state index contributed by atoms with van der Waals surface area (Å²) < 4.78 is 2.12. The van der Waals surface area contributed by atoms with E-state index in [0.29, 0.717) is 0 Å². The van der Waals surface area contributed by atoms with Crippen molar-refractivity contribution in [3.63, 3.8) is 0 Å². The minimum Gasteiger partial charge on any atom is -0.363 e. The smallest absolute Gasteiger partial charge is 0.140 e. The van der Waals surface area contributed by atoms with Crippen LogP contribution in [-0.4, -0.2) is 9.38 Å². The van der Waals surface area contributed by atoms with E-state index in [9.17, 15) is 0 Å². The summed E-state index contributed by atoms with van der Waals surface area (Å²) in [5, 5.41) is 5.67. The lowest BCUT2D eigenvalue weighted by Gasteiger charge is -2.16. The van der Waals surface area contributed by atoms with Crippen molar-refractivity contribution in [3.05, 3.63) is 76.8 Å². The Bertz CT molecular complexity index is 1100. The Morgan fingerprint density at radius 2 is 1.96 bits per heavy atom. The lowest BCUT2D eigenvalue weighted by molar-refractivity contribution is 0.871. The molecule has 0 bridgehead atoms. The first-order valence-corrected chi connectivity index (χ1v) is 9.40. The summed E-state index contributed by atoms with van der Waals surface area (Å²) in [6, 6.07) is 16.6. The van der Waals surface area contributed by atoms with Gasteiger partial charge in [-0.15, -0.1) is 17.8 Å². The van der Waals surface area contributed by atoms with Crippen LogP contribution in [0, 0.1) is 19.3 Å². The molecule has 4 aromatic rings. The van der Waals surface area contributed by atoms with Crippen molar-refractivity contribution in [3.8, 4) is 22.9 Å². The van der Waals surface area contributed by atoms with Crippen LogP contribution in [0.4, 0.5) is 5.82 Å². The highest BCUT2D eigenvalue weighted by Crippen LogP contribution is 2.36. The number of hydrogen-bond donors (Lipinski definition) is 1. The molecule has 4 rings (SSSR count). The predicted octanol–water partition coefficient (Wildman–Crippen LogP) is 5.53. The zero-order valence-electron chi connectivity index (χ0n) is 14.7. The van der Waals surface area contributed by atoms with Gasteiger partial charge in [0.1, 0.15) is 17.2 Å². The summed E-state index contributed by atoms with van der Waals surface area (Å²) in [5.41, 5.74) is 5.10. The molecule has 0 saturated carbocycles. The van der Waals surface area contributed by atoms with E-state index in [1.807, 2.05) is 23.6 Å². The van der Waals surface area contributed by atoms with Crippen LogP contribution >= 0.6 is 11.3 Å². The molecule has 0 spiro atoms. The lowest BCUT2D eigenvalue weighted by atomic mass is 10.1. The summed E-state index contributed by atoms with van der Waals surface area (Å²) in [7, 11) is 0. The van der Waals surface area contributed by atoms with Crippen LogP contribution in [0.3, 0.4) is 0 Å². The van der Waals surface area contributed by atoms with E-state index in [4.69, 9.17) is 11.4 Å². The summed E-state index contributed by atoms with van der Waals surface area (Å²) in [6.45, 7) is 4.24. The molecule has 0 aliphatic rings. The Balaban J connectivity index is 1.87. The van der Waals surface area contributed by atoms with E-state index in [-0.39, 0.29) is 6.04 Å². The van der Waals surface area contributed by atoms with Gasteiger partial charge in [-0.1, -0.05) is 42.3 Å². The van der Waals surface area contributed by atoms with E-state index in [1.165, 1.54) is 11.1 Å². The van der Waals surface area contributed by atoms with Crippen molar-refractivity contribution in [1.82, 2.24) is 9.38 Å². The Labute approximate surface area is 157 Å². The second kappa shape index (κ2) is 6.70. The van der Waals surface area contributed by atoms with E-state index in [1.54, 1.807) is 11.3 Å². The molecule has 1 N–H and O–H groups in total. The molecule has 0 aliphatic carbocycles. The number of aromatic nitrogens is 2. The van der Waals surface area contributed by atoms with Gasteiger partial charge >= 0.3 is 0 Å². The van der Waals surface area contributed by atoms with Gasteiger partial charge in [0, 0.05) is 17.8 Å². The fourth-order valence-corrected chi connectivity index (χ4v) is 3.93. The molecule has 0 saturated heterocycles. The third kappa shape index (κ3) is 2.87. The van der Waals surface area contributed by atoms with Gasteiger partial charge < -0.3 is 5.32 Å². The van der Waals surface area contributed by atoms with Crippen LogP contribution in [-0.2, 0) is 0 Å². The van der Waals surface area contributed by atoms with E-state index in [0.717, 1.165) is 27.6 Å². The van der Waals surface area contributed by atoms with E-state index >= 15 is 0 Å². The maximum atomic E-state index is 5.69. The average Bonchev–Trinajstić information content (AvgIpc) is 3.27. The Morgan fingerprint density at radius 1 is 1.15 bits per heavy atom. The predicted molar refractivity (Wildman–Crippen MR) is 110 cm³/mol. The third-order valence-electron chi connectivity index (χ3n) is 4.46. The molecular weight excluding hydrogens is 338 g/mol. The van der Waals surface area contributed by atoms with Crippen molar-refractivity contribution in [2.24, 2.45) is 0 Å². The van der Waals surface area contributed by atoms with Crippen LogP contribution in [0.5, 0.6) is 0 Å². The zero-order valence-corrected chi connectivity index (χ0v) is 15.5. The number of aryl methyl sites for hydroxylation is 1. The molecule has 3 heterocycles. The number of fused-ring (bicyclic) bond motifs is 1. The van der Waals surface area contributed by atoms with Gasteiger partial charge in [-0.05, 0) is 42.5 Å². The minimum absolute atomic E-state index is 0.143. The quantitative estimate of drug-likeness (QED) is 0.487. The molecule has 0 amide bonds. The number of hydrogen-bond acceptors (Lipinski definition) is 3. The zero-order chi connectivity index (χ0) is 18.1. The van der Waals surface area contributed by atoms with Gasteiger partial charge in [0.2, 0.25) is 0 Å². The second-order valence-corrected chi connectivity index (χ2v) is 7.24. The minimum atomic E-state index is 0.143. The third-order valence-corrected chi connectivity index (χ3v) is 5.38. The molecular formula is C22H19N3S. The van der Waals surface area contributed by atoms with Gasteiger partial charge in [-0.25, -0.2) is 4.98 Å². The van der Waals surface area contributed by atoms with E-state index < -0.39 is 0 Å². The largest absolute Gasteiger partial charge is 0.363 e. The van der Waals surface area contributed by atoms with Crippen LogP contribution in [0.15, 0.2) is 60.1 Å². The monoisotopic (exact) mass is 357 g/mol. The molecule has 0 fully saturated rings. The van der Waals surface area contributed by atoms with Gasteiger partial charge in [-0.2, -0.15) is 0 Å². The van der Waals surface area contributed by atoms with Crippen molar-refractivity contribution in [1.29, 1.82) is 0 Å². The average molecular weight is 357 g/mol. The molecule has 1 atom stereocenters. The summed E-state index contributed by atoms with van der Waals surface area (Å²) in [4.78, 5) is 5.89. The topological polar surface area (TPSA) is 29.3 Å². The molecule has 3 nitrogen and oxygen atoms in total. The maximum absolute atomic E-state index is 5.69. The summed E-state index contributed by atoms with van der Waals surface area (Å²) in [5.74, 6) is 3.75. The number of anilines is 1. The number of rotatable bonds is 4. The molecule has 0 radical (unpaired) electrons. The van der Waals surface area contributed by atoms with Gasteiger partial charge in [0.25, 0.3) is 0 Å². The Morgan fingerprint density at radius 3 is 2.73 bits per heavy atom. The summed E-state index contributed by atoms with van der Waals surface area (Å²) >= 11 is 1.63. The van der Waals surface area contributed by atoms with Gasteiger partial charge in [-0.3, -0.25) is 4.40 Å². The number of terminal acetylenes is 1. The first-order valence-electron chi connectivity index (χ1n) is 8.52. The number of nitrogens with zero attached hydrogens (tertiary/aromatic N) is 2. The molecule has 4 heteroatoms. The number of thiophene rings is 1. The molecule has 0 aliphatic heterocycles. The van der Waals surface area contributed by atoms with Crippen LogP contribution in [0.1, 0.15) is 29.7 Å². The van der Waals surface area contributed by atoms with E-state index in [2.05, 4.69) is 66.0 Å². The first-order chi connectivity index (χ1) is 12.7. The van der Waals surface area contributed by atoms with Crippen molar-refractivity contribution < 1.29 is 0 Å². The SMILES string of the molecule is C#Cc1ccsc1-c1nc2ccc(C)cn2c1NC(C)c1ccccc1. The number of pyridine rings is 1. The lowest BCUT2D eigenvalue weighted by Crippen LogP contribution is -2.09. The highest BCUT2D eigenvalue weighted by Gasteiger charge is 2.19. The highest BCUT2D eigenvalue weighted by molar-refractivity contribution is 7.13. The molecule has 128 valence electrons. The molecule has 1 aromatic carbocycles. The van der Waals surface area contributed by atoms with Crippen LogP contribution < -0.4 is 5.32 Å². The normalized spacial score (nSPS) is 12.0. The number of benzene rings is 1. The van der Waals surface area contributed by atoms with Crippen LogP contribution in [0.25, 0.3) is 16.2 Å². The van der Waals surface area contributed by atoms with Gasteiger partial charge in [0.05, 0.1) is 4.88 Å². The van der Waals surface area contributed by atoms with Crippen LogP contribution in [0.2, 0.25) is 0 Å². The summed E-state index contributed by atoms with van der Waals surface area (Å²) in [6.07, 6.45) is 7.80. The molecule has 3 aromatic heterocycles. The second-order valence-electron chi connectivity index (χ2n) is 6.33. The van der Waals surface area contributed by atoms with Crippen molar-refractivity contribution in [2.75, 3.05) is 5.32 Å². The Hall–Kier alpha value is -3.03. The molecule has 26 heavy (non-hydrogen) atoms.